The van der Waals surface area contributed by atoms with Gasteiger partial charge < -0.3 is 47.0 Å². The molecule has 0 aromatic heterocycles. The Hall–Kier alpha value is -3.33. The minimum absolute atomic E-state index is 0. The lowest BCUT2D eigenvalue weighted by atomic mass is 10.1. The van der Waals surface area contributed by atoms with E-state index in [1.165, 1.54) is 32.4 Å². The number of ketones is 1. The fourth-order valence-corrected chi connectivity index (χ4v) is 3.97. The van der Waals surface area contributed by atoms with Gasteiger partial charge in [-0.1, -0.05) is 37.1 Å². The van der Waals surface area contributed by atoms with E-state index in [0.29, 0.717) is 49.2 Å². The number of carbonyl (C=O) groups excluding carboxylic acids is 3. The summed E-state index contributed by atoms with van der Waals surface area (Å²) in [6.45, 7) is 1.05. The topological polar surface area (TPSA) is 212 Å². The molecule has 0 heterocycles. The number of nitrogens with two attached hydrogens (primary N) is 4. The second kappa shape index (κ2) is 27.5. The third kappa shape index (κ3) is 18.3. The molecule has 276 valence electrons. The molecular weight excluding hydrogens is 722 g/mol. The molecule has 0 saturated heterocycles. The van der Waals surface area contributed by atoms with Crippen LogP contribution in [-0.4, -0.2) is 62.2 Å². The van der Waals surface area contributed by atoms with Crippen LogP contribution in [0, 0.1) is 0 Å². The highest BCUT2D eigenvalue weighted by Crippen LogP contribution is 2.30. The summed E-state index contributed by atoms with van der Waals surface area (Å²) >= 11 is 0. The van der Waals surface area contributed by atoms with Gasteiger partial charge in [0, 0.05) is 6.08 Å². The Morgan fingerprint density at radius 3 is 1.47 bits per heavy atom. The Balaban J connectivity index is -0.00000529. The highest BCUT2D eigenvalue weighted by Gasteiger charge is 2.19. The maximum Gasteiger partial charge on any atom is 0.328 e. The predicted octanol–water partition coefficient (Wildman–Crippen LogP) is 4.85. The van der Waals surface area contributed by atoms with E-state index in [4.69, 9.17) is 41.9 Å². The Bertz CT molecular complexity index is 1390. The van der Waals surface area contributed by atoms with Crippen LogP contribution in [0.25, 0.3) is 12.2 Å². The van der Waals surface area contributed by atoms with Gasteiger partial charge in [-0.25, -0.2) is 9.59 Å². The van der Waals surface area contributed by atoms with Crippen LogP contribution in [-0.2, 0) is 14.4 Å². The van der Waals surface area contributed by atoms with Crippen LogP contribution < -0.4 is 41.9 Å². The van der Waals surface area contributed by atoms with Gasteiger partial charge >= 0.3 is 11.9 Å². The van der Waals surface area contributed by atoms with Crippen LogP contribution in [0.2, 0.25) is 0 Å². The summed E-state index contributed by atoms with van der Waals surface area (Å²) in [5.41, 5.74) is 24.0. The van der Waals surface area contributed by atoms with E-state index in [-0.39, 0.29) is 72.6 Å². The van der Waals surface area contributed by atoms with Gasteiger partial charge in [0.1, 0.15) is 17.8 Å². The van der Waals surface area contributed by atoms with Gasteiger partial charge in [-0.2, -0.15) is 0 Å². The molecule has 2 aromatic rings. The number of rotatable bonds is 19. The maximum absolute atomic E-state index is 12.4. The largest absolute Gasteiger partial charge is 0.508 e. The van der Waals surface area contributed by atoms with Crippen molar-refractivity contribution in [2.45, 2.75) is 50.6 Å². The summed E-state index contributed by atoms with van der Waals surface area (Å²) in [6.07, 6.45) is 10.6. The van der Waals surface area contributed by atoms with Gasteiger partial charge in [-0.3, -0.25) is 4.79 Å². The highest BCUT2D eigenvalue weighted by atomic mass is 35.5. The number of halogens is 4. The number of aliphatic hydroxyl groups excluding tert-OH is 1. The zero-order valence-corrected chi connectivity index (χ0v) is 30.7. The van der Waals surface area contributed by atoms with Gasteiger partial charge in [-0.05, 0) is 86.3 Å². The van der Waals surface area contributed by atoms with Crippen molar-refractivity contribution in [1.82, 2.24) is 0 Å². The van der Waals surface area contributed by atoms with E-state index in [2.05, 4.69) is 0 Å². The van der Waals surface area contributed by atoms with Gasteiger partial charge in [0.05, 0.1) is 14.2 Å². The third-order valence-electron chi connectivity index (χ3n) is 6.52. The van der Waals surface area contributed by atoms with Crippen molar-refractivity contribution in [3.63, 3.8) is 0 Å². The molecule has 0 fully saturated rings. The van der Waals surface area contributed by atoms with E-state index in [9.17, 15) is 19.5 Å². The first kappa shape index (κ1) is 50.1. The second-order valence-electron chi connectivity index (χ2n) is 10.1. The third-order valence-corrected chi connectivity index (χ3v) is 6.52. The molecule has 2 unspecified atom stereocenters. The SMILES string of the molecule is COc1cc(/C=C/C(=O)/C=C(O)/C=C/c2ccc(OC(=O)C(N)CCCCN)c(OC)c2)ccc1OC(=O)C(N)CCCCN.Cl.Cl.Cl.Cl. The molecule has 0 spiro atoms. The number of carbonyl (C=O) groups is 3. The Morgan fingerprint density at radius 1 is 0.673 bits per heavy atom. The van der Waals surface area contributed by atoms with Crippen molar-refractivity contribution in [3.8, 4) is 23.0 Å². The van der Waals surface area contributed by atoms with Crippen LogP contribution in [0.5, 0.6) is 23.0 Å². The van der Waals surface area contributed by atoms with E-state index < -0.39 is 29.8 Å². The smallest absolute Gasteiger partial charge is 0.328 e. The number of methoxy groups -OCH3 is 2. The van der Waals surface area contributed by atoms with E-state index in [1.807, 2.05) is 0 Å². The molecule has 2 rings (SSSR count). The Labute approximate surface area is 312 Å². The zero-order chi connectivity index (χ0) is 33.2. The second-order valence-corrected chi connectivity index (χ2v) is 10.1. The maximum atomic E-state index is 12.4. The molecule has 0 bridgehead atoms. The van der Waals surface area contributed by atoms with Crippen molar-refractivity contribution < 1.29 is 38.4 Å². The Morgan fingerprint density at radius 2 is 1.08 bits per heavy atom. The molecule has 16 heteroatoms. The monoisotopic (exact) mass is 768 g/mol. The lowest BCUT2D eigenvalue weighted by molar-refractivity contribution is -0.137. The minimum atomic E-state index is -0.779. The number of aliphatic hydroxyl groups is 1. The van der Waals surface area contributed by atoms with Crippen LogP contribution in [0.3, 0.4) is 0 Å². The summed E-state index contributed by atoms with van der Waals surface area (Å²) in [7, 11) is 2.86. The summed E-state index contributed by atoms with van der Waals surface area (Å²) in [4.78, 5) is 37.0. The van der Waals surface area contributed by atoms with E-state index >= 15 is 0 Å². The summed E-state index contributed by atoms with van der Waals surface area (Å²) in [6, 6.07) is 8.04. The van der Waals surface area contributed by atoms with Gasteiger partial charge in [0.15, 0.2) is 28.8 Å². The van der Waals surface area contributed by atoms with Gasteiger partial charge in [0.25, 0.3) is 0 Å². The number of ether oxygens (including phenoxy) is 4. The molecule has 0 aliphatic rings. The van der Waals surface area contributed by atoms with Crippen molar-refractivity contribution in [2.24, 2.45) is 22.9 Å². The normalized spacial score (nSPS) is 12.0. The molecule has 2 atom stereocenters. The molecular formula is C33H48Cl4N4O8. The molecule has 0 amide bonds. The highest BCUT2D eigenvalue weighted by molar-refractivity contribution is 6.02. The summed E-state index contributed by atoms with van der Waals surface area (Å²) in [5.74, 6) is -0.925. The molecule has 0 aliphatic carbocycles. The van der Waals surface area contributed by atoms with Crippen LogP contribution in [0.15, 0.2) is 60.4 Å². The standard InChI is InChI=1S/C33H44N4O8.4ClH/c1-42-30-19-22(11-15-28(30)44-32(40)26(36)7-3-5-17-34)9-13-24(38)21-25(39)14-10-23-12-16-29(31(20-23)43-2)45-33(41)27(37)8-4-6-18-35;;;;/h9-16,19-21,26-27,38H,3-8,17-18,34-37H2,1-2H3;4*1H/b13-9+,14-10+,24-21-;;;;. The van der Waals surface area contributed by atoms with Crippen molar-refractivity contribution in [1.29, 1.82) is 0 Å². The average molecular weight is 771 g/mol. The lowest BCUT2D eigenvalue weighted by Gasteiger charge is -2.13. The first-order valence-electron chi connectivity index (χ1n) is 14.6. The number of esters is 2. The minimum Gasteiger partial charge on any atom is -0.508 e. The van der Waals surface area contributed by atoms with Crippen molar-refractivity contribution in [2.75, 3.05) is 27.3 Å². The van der Waals surface area contributed by atoms with E-state index in [0.717, 1.165) is 25.3 Å². The quantitative estimate of drug-likeness (QED) is 0.0324. The fourth-order valence-electron chi connectivity index (χ4n) is 3.97. The molecule has 12 nitrogen and oxygen atoms in total. The zero-order valence-electron chi connectivity index (χ0n) is 27.4. The molecule has 9 N–H and O–H groups in total. The molecule has 49 heavy (non-hydrogen) atoms. The average Bonchev–Trinajstić information content (AvgIpc) is 3.03. The molecule has 0 radical (unpaired) electrons. The van der Waals surface area contributed by atoms with Gasteiger partial charge in [0.2, 0.25) is 0 Å². The first-order chi connectivity index (χ1) is 21.6. The van der Waals surface area contributed by atoms with E-state index in [1.54, 1.807) is 42.5 Å². The summed E-state index contributed by atoms with van der Waals surface area (Å²) < 4.78 is 21.4. The number of hydrogen-bond acceptors (Lipinski definition) is 12. The molecule has 2 aromatic carbocycles. The predicted molar refractivity (Wildman–Crippen MR) is 202 cm³/mol. The first-order valence-corrected chi connectivity index (χ1v) is 14.6. The van der Waals surface area contributed by atoms with Crippen molar-refractivity contribution >= 4 is 79.5 Å². The lowest BCUT2D eigenvalue weighted by Crippen LogP contribution is -2.34. The van der Waals surface area contributed by atoms with Crippen molar-refractivity contribution in [3.05, 3.63) is 71.5 Å². The van der Waals surface area contributed by atoms with Crippen LogP contribution >= 0.6 is 49.6 Å². The number of allylic oxidation sites excluding steroid dienone is 3. The number of hydrogen-bond donors (Lipinski definition) is 5. The Kier molecular flexibility index (Phi) is 28.1. The van der Waals surface area contributed by atoms with Crippen LogP contribution in [0.1, 0.15) is 49.7 Å². The van der Waals surface area contributed by atoms with Crippen LogP contribution in [0.4, 0.5) is 0 Å². The number of benzene rings is 2. The van der Waals surface area contributed by atoms with Gasteiger partial charge in [-0.15, -0.1) is 49.6 Å². The molecule has 0 aliphatic heterocycles. The summed E-state index contributed by atoms with van der Waals surface area (Å²) in [5, 5.41) is 10.3. The fraction of sp³-hybridized carbons (Fsp3) is 0.364. The molecule has 0 saturated carbocycles. The number of unbranched alkanes of at least 4 members (excludes halogenated alkanes) is 2.